The summed E-state index contributed by atoms with van der Waals surface area (Å²) in [4.78, 5) is 40.2. The van der Waals surface area contributed by atoms with Gasteiger partial charge in [0.15, 0.2) is 0 Å². The van der Waals surface area contributed by atoms with Gasteiger partial charge in [-0.25, -0.2) is 0 Å². The number of piperazine rings is 1. The molecule has 27 heavy (non-hydrogen) atoms. The third-order valence-electron chi connectivity index (χ3n) is 4.66. The summed E-state index contributed by atoms with van der Waals surface area (Å²) in [5.41, 5.74) is 2.79. The Kier molecular flexibility index (Phi) is 5.54. The van der Waals surface area contributed by atoms with Crippen LogP contribution in [-0.2, 0) is 4.79 Å². The van der Waals surface area contributed by atoms with Crippen molar-refractivity contribution in [3.63, 3.8) is 0 Å². The normalized spacial score (nSPS) is 14.0. The fourth-order valence-corrected chi connectivity index (χ4v) is 3.21. The molecule has 0 bridgehead atoms. The highest BCUT2D eigenvalue weighted by molar-refractivity contribution is 5.98. The van der Waals surface area contributed by atoms with Crippen molar-refractivity contribution in [2.45, 2.75) is 13.8 Å². The zero-order valence-electron chi connectivity index (χ0n) is 15.6. The van der Waals surface area contributed by atoms with Crippen LogP contribution in [0.25, 0.3) is 0 Å². The second kappa shape index (κ2) is 8.03. The van der Waals surface area contributed by atoms with Crippen molar-refractivity contribution in [1.29, 1.82) is 0 Å². The Balaban J connectivity index is 1.64. The summed E-state index contributed by atoms with van der Waals surface area (Å²) < 4.78 is 0. The van der Waals surface area contributed by atoms with E-state index in [0.717, 1.165) is 5.56 Å². The second-order valence-electron chi connectivity index (χ2n) is 6.66. The number of benzene rings is 2. The standard InChI is InChI=1S/C21H23N3O3/c1-15-6-3-4-9-19(15)21(27)24-12-10-23(11-13-24)20(26)17-7-5-8-18(14-17)22-16(2)25/h3-9,14H,10-13H2,1-2H3,(H,22,25). The molecule has 1 aliphatic rings. The lowest BCUT2D eigenvalue weighted by Gasteiger charge is -2.35. The molecule has 0 aliphatic carbocycles. The number of anilines is 1. The maximum absolute atomic E-state index is 12.7. The van der Waals surface area contributed by atoms with Gasteiger partial charge in [0.05, 0.1) is 0 Å². The van der Waals surface area contributed by atoms with Gasteiger partial charge in [0.25, 0.3) is 11.8 Å². The number of nitrogens with zero attached hydrogens (tertiary/aromatic N) is 2. The molecule has 0 radical (unpaired) electrons. The summed E-state index contributed by atoms with van der Waals surface area (Å²) in [5.74, 6) is -0.263. The Hall–Kier alpha value is -3.15. The summed E-state index contributed by atoms with van der Waals surface area (Å²) >= 11 is 0. The molecule has 6 nitrogen and oxygen atoms in total. The van der Waals surface area contributed by atoms with E-state index in [1.165, 1.54) is 6.92 Å². The van der Waals surface area contributed by atoms with Crippen LogP contribution in [-0.4, -0.2) is 53.7 Å². The van der Waals surface area contributed by atoms with E-state index in [1.807, 2.05) is 31.2 Å². The molecule has 1 saturated heterocycles. The molecule has 2 aromatic carbocycles. The van der Waals surface area contributed by atoms with Gasteiger partial charge < -0.3 is 15.1 Å². The van der Waals surface area contributed by atoms with Gasteiger partial charge >= 0.3 is 0 Å². The molecule has 0 saturated carbocycles. The highest BCUT2D eigenvalue weighted by Crippen LogP contribution is 2.16. The summed E-state index contributed by atoms with van der Waals surface area (Å²) in [6, 6.07) is 14.4. The summed E-state index contributed by atoms with van der Waals surface area (Å²) in [6.07, 6.45) is 0. The lowest BCUT2D eigenvalue weighted by molar-refractivity contribution is -0.114. The lowest BCUT2D eigenvalue weighted by Crippen LogP contribution is -2.50. The third-order valence-corrected chi connectivity index (χ3v) is 4.66. The summed E-state index contributed by atoms with van der Waals surface area (Å²) in [7, 11) is 0. The Bertz CT molecular complexity index is 870. The van der Waals surface area contributed by atoms with Crippen molar-refractivity contribution in [2.75, 3.05) is 31.5 Å². The van der Waals surface area contributed by atoms with Crippen LogP contribution in [0.1, 0.15) is 33.2 Å². The number of carbonyl (C=O) groups excluding carboxylic acids is 3. The van der Waals surface area contributed by atoms with Gasteiger partial charge in [0.2, 0.25) is 5.91 Å². The summed E-state index contributed by atoms with van der Waals surface area (Å²) in [5, 5.41) is 2.69. The molecule has 0 atom stereocenters. The first kappa shape index (κ1) is 18.6. The number of nitrogens with one attached hydrogen (secondary N) is 1. The molecule has 1 N–H and O–H groups in total. The Morgan fingerprint density at radius 2 is 1.48 bits per heavy atom. The van der Waals surface area contributed by atoms with Gasteiger partial charge in [-0.2, -0.15) is 0 Å². The van der Waals surface area contributed by atoms with Crippen LogP contribution in [0.4, 0.5) is 5.69 Å². The van der Waals surface area contributed by atoms with Crippen LogP contribution >= 0.6 is 0 Å². The third kappa shape index (κ3) is 4.34. The van der Waals surface area contributed by atoms with Crippen LogP contribution in [0.15, 0.2) is 48.5 Å². The molecule has 1 fully saturated rings. The molecule has 1 aliphatic heterocycles. The van der Waals surface area contributed by atoms with Crippen molar-refractivity contribution in [3.8, 4) is 0 Å². The van der Waals surface area contributed by atoms with Gasteiger partial charge in [-0.1, -0.05) is 24.3 Å². The molecule has 0 aromatic heterocycles. The fourth-order valence-electron chi connectivity index (χ4n) is 3.21. The second-order valence-corrected chi connectivity index (χ2v) is 6.66. The first-order valence-corrected chi connectivity index (χ1v) is 8.97. The van der Waals surface area contributed by atoms with E-state index in [-0.39, 0.29) is 17.7 Å². The minimum atomic E-state index is -0.178. The molecule has 6 heteroatoms. The number of hydrogen-bond acceptors (Lipinski definition) is 3. The highest BCUT2D eigenvalue weighted by atomic mass is 16.2. The highest BCUT2D eigenvalue weighted by Gasteiger charge is 2.26. The lowest BCUT2D eigenvalue weighted by atomic mass is 10.1. The molecule has 140 valence electrons. The van der Waals surface area contributed by atoms with Crippen molar-refractivity contribution in [1.82, 2.24) is 9.80 Å². The van der Waals surface area contributed by atoms with Crippen LogP contribution < -0.4 is 5.32 Å². The fraction of sp³-hybridized carbons (Fsp3) is 0.286. The number of hydrogen-bond donors (Lipinski definition) is 1. The van der Waals surface area contributed by atoms with Gasteiger partial charge in [0, 0.05) is 49.9 Å². The zero-order valence-corrected chi connectivity index (χ0v) is 15.6. The van der Waals surface area contributed by atoms with Gasteiger partial charge in [-0.05, 0) is 36.8 Å². The van der Waals surface area contributed by atoms with Gasteiger partial charge in [-0.15, -0.1) is 0 Å². The minimum absolute atomic E-state index is 0.00727. The number of amides is 3. The molecule has 2 aromatic rings. The average molecular weight is 365 g/mol. The van der Waals surface area contributed by atoms with E-state index in [4.69, 9.17) is 0 Å². The van der Waals surface area contributed by atoms with E-state index in [9.17, 15) is 14.4 Å². The molecule has 3 rings (SSSR count). The molecular formula is C21H23N3O3. The average Bonchev–Trinajstić information content (AvgIpc) is 2.67. The Morgan fingerprint density at radius 1 is 0.852 bits per heavy atom. The summed E-state index contributed by atoms with van der Waals surface area (Å²) in [6.45, 7) is 5.34. The minimum Gasteiger partial charge on any atom is -0.335 e. The molecule has 0 unspecified atom stereocenters. The smallest absolute Gasteiger partial charge is 0.254 e. The monoisotopic (exact) mass is 365 g/mol. The maximum atomic E-state index is 12.7. The van der Waals surface area contributed by atoms with Gasteiger partial charge in [-0.3, -0.25) is 14.4 Å². The van der Waals surface area contributed by atoms with Crippen LogP contribution in [0.5, 0.6) is 0 Å². The van der Waals surface area contributed by atoms with Crippen LogP contribution in [0.3, 0.4) is 0 Å². The quantitative estimate of drug-likeness (QED) is 0.909. The number of carbonyl (C=O) groups is 3. The van der Waals surface area contributed by atoms with Crippen molar-refractivity contribution in [3.05, 3.63) is 65.2 Å². The molecule has 0 spiro atoms. The Labute approximate surface area is 158 Å². The van der Waals surface area contributed by atoms with Crippen molar-refractivity contribution < 1.29 is 14.4 Å². The molecule has 1 heterocycles. The first-order chi connectivity index (χ1) is 13.0. The van der Waals surface area contributed by atoms with Crippen molar-refractivity contribution >= 4 is 23.4 Å². The van der Waals surface area contributed by atoms with Crippen LogP contribution in [0.2, 0.25) is 0 Å². The predicted molar refractivity (Wildman–Crippen MR) is 104 cm³/mol. The van der Waals surface area contributed by atoms with Gasteiger partial charge in [0.1, 0.15) is 0 Å². The van der Waals surface area contributed by atoms with E-state index >= 15 is 0 Å². The number of aryl methyl sites for hydroxylation is 1. The van der Waals surface area contributed by atoms with E-state index in [1.54, 1.807) is 34.1 Å². The largest absolute Gasteiger partial charge is 0.335 e. The topological polar surface area (TPSA) is 69.7 Å². The maximum Gasteiger partial charge on any atom is 0.254 e. The van der Waals surface area contributed by atoms with E-state index in [2.05, 4.69) is 5.32 Å². The number of rotatable bonds is 3. The zero-order chi connectivity index (χ0) is 19.4. The van der Waals surface area contributed by atoms with E-state index < -0.39 is 0 Å². The van der Waals surface area contributed by atoms with E-state index in [0.29, 0.717) is 43.0 Å². The first-order valence-electron chi connectivity index (χ1n) is 8.97. The Morgan fingerprint density at radius 3 is 2.11 bits per heavy atom. The predicted octanol–water partition coefficient (Wildman–Crippen LogP) is 2.55. The molecular weight excluding hydrogens is 342 g/mol. The molecule has 3 amide bonds. The SMILES string of the molecule is CC(=O)Nc1cccc(C(=O)N2CCN(C(=O)c3ccccc3C)CC2)c1. The van der Waals surface area contributed by atoms with Crippen LogP contribution in [0, 0.1) is 6.92 Å². The van der Waals surface area contributed by atoms with Crippen molar-refractivity contribution in [2.24, 2.45) is 0 Å².